The van der Waals surface area contributed by atoms with Crippen molar-refractivity contribution in [3.8, 4) is 0 Å². The minimum Gasteiger partial charge on any atom is -0.330 e. The smallest absolute Gasteiger partial charge is 0.0104 e. The van der Waals surface area contributed by atoms with Crippen LogP contribution in [0, 0.1) is 0 Å². The fourth-order valence-corrected chi connectivity index (χ4v) is 1.88. The zero-order valence-corrected chi connectivity index (χ0v) is 7.55. The first-order valence-electron chi connectivity index (χ1n) is 4.75. The van der Waals surface area contributed by atoms with Gasteiger partial charge in [-0.3, -0.25) is 0 Å². The molecule has 2 N–H and O–H groups in total. The summed E-state index contributed by atoms with van der Waals surface area (Å²) in [5, 5.41) is 0. The van der Waals surface area contributed by atoms with E-state index < -0.39 is 0 Å². The Kier molecular flexibility index (Phi) is 3.87. The van der Waals surface area contributed by atoms with Crippen LogP contribution in [0.1, 0.15) is 32.1 Å². The standard InChI is InChI=1S/C9H20N2/c1-11-8-4-2-3-5-9(11)6-7-10/h9H,2-8,10H2,1H3/t9-/m0/s1. The van der Waals surface area contributed by atoms with Crippen LogP contribution in [-0.2, 0) is 0 Å². The highest BCUT2D eigenvalue weighted by Gasteiger charge is 2.15. The lowest BCUT2D eigenvalue weighted by molar-refractivity contribution is 0.237. The largest absolute Gasteiger partial charge is 0.330 e. The van der Waals surface area contributed by atoms with E-state index in [2.05, 4.69) is 11.9 Å². The molecule has 1 saturated heterocycles. The maximum absolute atomic E-state index is 5.55. The first-order valence-corrected chi connectivity index (χ1v) is 4.75. The molecule has 2 nitrogen and oxygen atoms in total. The van der Waals surface area contributed by atoms with E-state index >= 15 is 0 Å². The van der Waals surface area contributed by atoms with Gasteiger partial charge in [0, 0.05) is 6.04 Å². The molecule has 1 atom stereocenters. The maximum atomic E-state index is 5.55. The predicted octanol–water partition coefficient (Wildman–Crippen LogP) is 1.21. The Morgan fingerprint density at radius 3 is 2.91 bits per heavy atom. The van der Waals surface area contributed by atoms with E-state index in [0.29, 0.717) is 0 Å². The number of nitrogens with zero attached hydrogens (tertiary/aromatic N) is 1. The van der Waals surface area contributed by atoms with Gasteiger partial charge in [0.15, 0.2) is 0 Å². The van der Waals surface area contributed by atoms with Crippen LogP contribution in [0.5, 0.6) is 0 Å². The Balaban J connectivity index is 2.32. The van der Waals surface area contributed by atoms with Crippen LogP contribution in [0.15, 0.2) is 0 Å². The van der Waals surface area contributed by atoms with Crippen LogP contribution in [0.25, 0.3) is 0 Å². The molecule has 0 radical (unpaired) electrons. The van der Waals surface area contributed by atoms with Crippen LogP contribution >= 0.6 is 0 Å². The molecule has 1 aliphatic rings. The van der Waals surface area contributed by atoms with E-state index in [-0.39, 0.29) is 0 Å². The lowest BCUT2D eigenvalue weighted by atomic mass is 10.1. The highest BCUT2D eigenvalue weighted by molar-refractivity contribution is 4.72. The van der Waals surface area contributed by atoms with Gasteiger partial charge < -0.3 is 10.6 Å². The molecule has 0 amide bonds. The minimum absolute atomic E-state index is 0.766. The highest BCUT2D eigenvalue weighted by atomic mass is 15.1. The summed E-state index contributed by atoms with van der Waals surface area (Å²) in [5.74, 6) is 0. The van der Waals surface area contributed by atoms with Gasteiger partial charge in [0.25, 0.3) is 0 Å². The van der Waals surface area contributed by atoms with Crippen LogP contribution in [0.3, 0.4) is 0 Å². The molecule has 0 aromatic heterocycles. The summed E-state index contributed by atoms with van der Waals surface area (Å²) in [6, 6.07) is 0.766. The Labute approximate surface area is 69.8 Å². The lowest BCUT2D eigenvalue weighted by Crippen LogP contribution is -2.32. The molecule has 0 spiro atoms. The quantitative estimate of drug-likeness (QED) is 0.651. The second kappa shape index (κ2) is 4.73. The van der Waals surface area contributed by atoms with E-state index in [0.717, 1.165) is 12.6 Å². The van der Waals surface area contributed by atoms with Crippen LogP contribution in [-0.4, -0.2) is 31.1 Å². The highest BCUT2D eigenvalue weighted by Crippen LogP contribution is 2.16. The van der Waals surface area contributed by atoms with Gasteiger partial charge in [-0.15, -0.1) is 0 Å². The van der Waals surface area contributed by atoms with E-state index in [1.807, 2.05) is 0 Å². The molecule has 0 bridgehead atoms. The fraction of sp³-hybridized carbons (Fsp3) is 1.00. The average Bonchev–Trinajstić information content (AvgIpc) is 2.18. The summed E-state index contributed by atoms with van der Waals surface area (Å²) >= 11 is 0. The molecule has 1 fully saturated rings. The van der Waals surface area contributed by atoms with Crippen molar-refractivity contribution in [2.24, 2.45) is 5.73 Å². The van der Waals surface area contributed by atoms with Crippen LogP contribution in [0.4, 0.5) is 0 Å². The van der Waals surface area contributed by atoms with Gasteiger partial charge >= 0.3 is 0 Å². The Bertz CT molecular complexity index is 104. The van der Waals surface area contributed by atoms with Crippen molar-refractivity contribution in [3.05, 3.63) is 0 Å². The van der Waals surface area contributed by atoms with Gasteiger partial charge in [0.2, 0.25) is 0 Å². The van der Waals surface area contributed by atoms with Crippen molar-refractivity contribution in [2.75, 3.05) is 20.1 Å². The molecule has 1 rings (SSSR count). The minimum atomic E-state index is 0.766. The maximum Gasteiger partial charge on any atom is 0.0104 e. The number of hydrogen-bond acceptors (Lipinski definition) is 2. The Morgan fingerprint density at radius 2 is 2.18 bits per heavy atom. The number of hydrogen-bond donors (Lipinski definition) is 1. The molecule has 11 heavy (non-hydrogen) atoms. The Hall–Kier alpha value is -0.0800. The van der Waals surface area contributed by atoms with Gasteiger partial charge in [0.05, 0.1) is 0 Å². The molecule has 2 heteroatoms. The lowest BCUT2D eigenvalue weighted by Gasteiger charge is -2.24. The normalized spacial score (nSPS) is 28.4. The summed E-state index contributed by atoms with van der Waals surface area (Å²) in [4.78, 5) is 2.47. The molecule has 0 aliphatic carbocycles. The van der Waals surface area contributed by atoms with Gasteiger partial charge in [0.1, 0.15) is 0 Å². The van der Waals surface area contributed by atoms with Crippen molar-refractivity contribution in [2.45, 2.75) is 38.1 Å². The molecule has 1 aliphatic heterocycles. The molecule has 66 valence electrons. The van der Waals surface area contributed by atoms with E-state index in [1.54, 1.807) is 0 Å². The van der Waals surface area contributed by atoms with Crippen molar-refractivity contribution in [3.63, 3.8) is 0 Å². The number of rotatable bonds is 2. The monoisotopic (exact) mass is 156 g/mol. The summed E-state index contributed by atoms with van der Waals surface area (Å²) in [7, 11) is 2.23. The molecule has 1 heterocycles. The summed E-state index contributed by atoms with van der Waals surface area (Å²) in [6.07, 6.45) is 6.71. The summed E-state index contributed by atoms with van der Waals surface area (Å²) in [6.45, 7) is 2.11. The van der Waals surface area contributed by atoms with Crippen molar-refractivity contribution in [1.29, 1.82) is 0 Å². The van der Waals surface area contributed by atoms with E-state index in [4.69, 9.17) is 5.73 Å². The average molecular weight is 156 g/mol. The van der Waals surface area contributed by atoms with Gasteiger partial charge in [-0.25, -0.2) is 0 Å². The topological polar surface area (TPSA) is 29.3 Å². The van der Waals surface area contributed by atoms with Crippen molar-refractivity contribution < 1.29 is 0 Å². The summed E-state index contributed by atoms with van der Waals surface area (Å²) < 4.78 is 0. The zero-order chi connectivity index (χ0) is 8.10. The molecule has 0 unspecified atom stereocenters. The second-order valence-corrected chi connectivity index (χ2v) is 3.56. The predicted molar refractivity (Wildman–Crippen MR) is 48.6 cm³/mol. The van der Waals surface area contributed by atoms with Crippen molar-refractivity contribution >= 4 is 0 Å². The third-order valence-corrected chi connectivity index (χ3v) is 2.67. The Morgan fingerprint density at radius 1 is 1.36 bits per heavy atom. The zero-order valence-electron chi connectivity index (χ0n) is 7.55. The van der Waals surface area contributed by atoms with E-state index in [9.17, 15) is 0 Å². The SMILES string of the molecule is CN1CCCCC[C@H]1CCN. The molecule has 0 aromatic rings. The first kappa shape index (κ1) is 9.01. The number of nitrogens with two attached hydrogens (primary N) is 1. The van der Waals surface area contributed by atoms with Gasteiger partial charge in [-0.1, -0.05) is 12.8 Å². The molecular weight excluding hydrogens is 136 g/mol. The second-order valence-electron chi connectivity index (χ2n) is 3.56. The van der Waals surface area contributed by atoms with Crippen LogP contribution in [0.2, 0.25) is 0 Å². The van der Waals surface area contributed by atoms with E-state index in [1.165, 1.54) is 38.6 Å². The summed E-state index contributed by atoms with van der Waals surface area (Å²) in [5.41, 5.74) is 5.55. The first-order chi connectivity index (χ1) is 5.34. The molecule has 0 saturated carbocycles. The molecular formula is C9H20N2. The third-order valence-electron chi connectivity index (χ3n) is 2.67. The fourth-order valence-electron chi connectivity index (χ4n) is 1.88. The van der Waals surface area contributed by atoms with Gasteiger partial charge in [-0.2, -0.15) is 0 Å². The third kappa shape index (κ3) is 2.80. The van der Waals surface area contributed by atoms with Crippen molar-refractivity contribution in [1.82, 2.24) is 4.90 Å². The van der Waals surface area contributed by atoms with Crippen LogP contribution < -0.4 is 5.73 Å². The molecule has 0 aromatic carbocycles. The van der Waals surface area contributed by atoms with Gasteiger partial charge in [-0.05, 0) is 39.4 Å². The number of likely N-dealkylation sites (tertiary alicyclic amines) is 1.